The molecule has 0 aromatic heterocycles. The van der Waals surface area contributed by atoms with Crippen LogP contribution in [0.2, 0.25) is 0 Å². The lowest BCUT2D eigenvalue weighted by molar-refractivity contribution is 0.0144. The van der Waals surface area contributed by atoms with E-state index in [1.807, 2.05) is 31.2 Å². The molecule has 0 fully saturated rings. The van der Waals surface area contributed by atoms with Crippen molar-refractivity contribution in [2.45, 2.75) is 19.6 Å². The maximum atomic E-state index is 8.75. The number of aliphatic hydroxyl groups is 1. The molecule has 3 heteroatoms. The van der Waals surface area contributed by atoms with Crippen molar-refractivity contribution >= 4 is 0 Å². The van der Waals surface area contributed by atoms with E-state index in [1.165, 1.54) is 0 Å². The van der Waals surface area contributed by atoms with Gasteiger partial charge in [0.05, 0.1) is 26.4 Å². The van der Waals surface area contributed by atoms with Crippen LogP contribution in [-0.4, -0.2) is 24.9 Å². The zero-order valence-corrected chi connectivity index (χ0v) is 8.56. The van der Waals surface area contributed by atoms with E-state index in [0.29, 0.717) is 6.61 Å². The second-order valence-corrected chi connectivity index (χ2v) is 3.15. The first-order chi connectivity index (χ1) is 6.76. The summed E-state index contributed by atoms with van der Waals surface area (Å²) < 4.78 is 10.4. The second-order valence-electron chi connectivity index (χ2n) is 3.15. The predicted molar refractivity (Wildman–Crippen MR) is 54.3 cm³/mol. The van der Waals surface area contributed by atoms with Crippen molar-refractivity contribution < 1.29 is 14.6 Å². The maximum Gasteiger partial charge on any atom is 0.118 e. The van der Waals surface area contributed by atoms with E-state index in [2.05, 4.69) is 0 Å². The molecule has 0 unspecified atom stereocenters. The highest BCUT2D eigenvalue weighted by atomic mass is 16.5. The Kier molecular flexibility index (Phi) is 4.43. The number of benzene rings is 1. The zero-order valence-electron chi connectivity index (χ0n) is 8.56. The van der Waals surface area contributed by atoms with Gasteiger partial charge in [0.15, 0.2) is 0 Å². The first-order valence-electron chi connectivity index (χ1n) is 4.61. The molecule has 0 saturated carbocycles. The molecule has 1 aromatic carbocycles. The van der Waals surface area contributed by atoms with Crippen LogP contribution >= 0.6 is 0 Å². The molecule has 0 radical (unpaired) electrons. The normalized spacial score (nSPS) is 12.5. The van der Waals surface area contributed by atoms with Crippen LogP contribution in [0.25, 0.3) is 0 Å². The third-order valence-electron chi connectivity index (χ3n) is 1.95. The highest BCUT2D eigenvalue weighted by molar-refractivity contribution is 5.26. The van der Waals surface area contributed by atoms with Gasteiger partial charge in [0.1, 0.15) is 5.75 Å². The molecule has 14 heavy (non-hydrogen) atoms. The van der Waals surface area contributed by atoms with E-state index in [0.717, 1.165) is 11.3 Å². The molecule has 1 N–H and O–H groups in total. The van der Waals surface area contributed by atoms with Crippen molar-refractivity contribution in [3.8, 4) is 5.75 Å². The molecule has 0 spiro atoms. The summed E-state index contributed by atoms with van der Waals surface area (Å²) in [5.74, 6) is 0.837. The molecule has 0 amide bonds. The van der Waals surface area contributed by atoms with Gasteiger partial charge in [-0.2, -0.15) is 0 Å². The molecule has 0 bridgehead atoms. The summed E-state index contributed by atoms with van der Waals surface area (Å²) in [4.78, 5) is 0. The van der Waals surface area contributed by atoms with Crippen molar-refractivity contribution in [2.75, 3.05) is 13.7 Å². The molecule has 0 aliphatic heterocycles. The summed E-state index contributed by atoms with van der Waals surface area (Å²) >= 11 is 0. The van der Waals surface area contributed by atoms with E-state index in [4.69, 9.17) is 14.6 Å². The van der Waals surface area contributed by atoms with Gasteiger partial charge < -0.3 is 14.6 Å². The van der Waals surface area contributed by atoms with Gasteiger partial charge in [-0.15, -0.1) is 0 Å². The number of hydrogen-bond donors (Lipinski definition) is 1. The summed E-state index contributed by atoms with van der Waals surface area (Å²) in [6.07, 6.45) is -0.114. The first kappa shape index (κ1) is 11.0. The van der Waals surface area contributed by atoms with Gasteiger partial charge in [0, 0.05) is 0 Å². The van der Waals surface area contributed by atoms with Crippen molar-refractivity contribution in [3.63, 3.8) is 0 Å². The summed E-state index contributed by atoms with van der Waals surface area (Å²) in [5, 5.41) is 8.75. The smallest absolute Gasteiger partial charge is 0.118 e. The molecule has 1 aromatic rings. The minimum absolute atomic E-state index is 0.0517. The molecule has 0 aliphatic carbocycles. The predicted octanol–water partition coefficient (Wildman–Crippen LogP) is 1.59. The molecule has 0 heterocycles. The highest BCUT2D eigenvalue weighted by Gasteiger charge is 2.00. The van der Waals surface area contributed by atoms with Crippen molar-refractivity contribution in [1.82, 2.24) is 0 Å². The van der Waals surface area contributed by atoms with Crippen LogP contribution in [0.15, 0.2) is 24.3 Å². The number of methoxy groups -OCH3 is 1. The average molecular weight is 196 g/mol. The van der Waals surface area contributed by atoms with Gasteiger partial charge in [-0.05, 0) is 24.6 Å². The Morgan fingerprint density at radius 3 is 2.43 bits per heavy atom. The average Bonchev–Trinajstić information content (AvgIpc) is 2.26. The van der Waals surface area contributed by atoms with Crippen molar-refractivity contribution in [2.24, 2.45) is 0 Å². The third kappa shape index (κ3) is 3.36. The molecule has 3 nitrogen and oxygen atoms in total. The zero-order chi connectivity index (χ0) is 10.4. The molecule has 0 aliphatic rings. The number of rotatable bonds is 5. The van der Waals surface area contributed by atoms with E-state index >= 15 is 0 Å². The fourth-order valence-electron chi connectivity index (χ4n) is 1.01. The Labute approximate surface area is 84.3 Å². The largest absolute Gasteiger partial charge is 0.497 e. The third-order valence-corrected chi connectivity index (χ3v) is 1.95. The van der Waals surface area contributed by atoms with Crippen LogP contribution < -0.4 is 4.74 Å². The van der Waals surface area contributed by atoms with Crippen LogP contribution in [0.4, 0.5) is 0 Å². The summed E-state index contributed by atoms with van der Waals surface area (Å²) in [7, 11) is 1.64. The maximum absolute atomic E-state index is 8.75. The van der Waals surface area contributed by atoms with E-state index in [-0.39, 0.29) is 12.7 Å². The second kappa shape index (κ2) is 5.62. The summed E-state index contributed by atoms with van der Waals surface area (Å²) in [5.41, 5.74) is 1.08. The SMILES string of the molecule is COc1ccc(CO[C@H](C)CO)cc1. The lowest BCUT2D eigenvalue weighted by Gasteiger charge is -2.09. The Bertz CT molecular complexity index is 256. The topological polar surface area (TPSA) is 38.7 Å². The van der Waals surface area contributed by atoms with Crippen molar-refractivity contribution in [3.05, 3.63) is 29.8 Å². The molecular weight excluding hydrogens is 180 g/mol. The van der Waals surface area contributed by atoms with Gasteiger partial charge in [-0.3, -0.25) is 0 Å². The van der Waals surface area contributed by atoms with Crippen LogP contribution in [0, 0.1) is 0 Å². The standard InChI is InChI=1S/C11H16O3/c1-9(7-12)14-8-10-3-5-11(13-2)6-4-10/h3-6,9,12H,7-8H2,1-2H3/t9-/m1/s1. The Hall–Kier alpha value is -1.06. The quantitative estimate of drug-likeness (QED) is 0.777. The van der Waals surface area contributed by atoms with E-state index in [1.54, 1.807) is 7.11 Å². The summed E-state index contributed by atoms with van der Waals surface area (Å²) in [6.45, 7) is 2.41. The number of ether oxygens (including phenoxy) is 2. The molecular formula is C11H16O3. The molecule has 78 valence electrons. The Balaban J connectivity index is 2.43. The Morgan fingerprint density at radius 1 is 1.29 bits per heavy atom. The van der Waals surface area contributed by atoms with E-state index < -0.39 is 0 Å². The van der Waals surface area contributed by atoms with Gasteiger partial charge in [-0.25, -0.2) is 0 Å². The van der Waals surface area contributed by atoms with E-state index in [9.17, 15) is 0 Å². The van der Waals surface area contributed by atoms with Gasteiger partial charge in [-0.1, -0.05) is 12.1 Å². The highest BCUT2D eigenvalue weighted by Crippen LogP contribution is 2.12. The van der Waals surface area contributed by atoms with Crippen LogP contribution in [-0.2, 0) is 11.3 Å². The molecule has 1 atom stereocenters. The number of aliphatic hydroxyl groups excluding tert-OH is 1. The lowest BCUT2D eigenvalue weighted by Crippen LogP contribution is -2.12. The van der Waals surface area contributed by atoms with Crippen LogP contribution in [0.3, 0.4) is 0 Å². The van der Waals surface area contributed by atoms with Crippen LogP contribution in [0.5, 0.6) is 5.75 Å². The van der Waals surface area contributed by atoms with Crippen molar-refractivity contribution in [1.29, 1.82) is 0 Å². The minimum atomic E-state index is -0.114. The molecule has 0 saturated heterocycles. The van der Waals surface area contributed by atoms with Gasteiger partial charge >= 0.3 is 0 Å². The fourth-order valence-corrected chi connectivity index (χ4v) is 1.01. The fraction of sp³-hybridized carbons (Fsp3) is 0.455. The van der Waals surface area contributed by atoms with Gasteiger partial charge in [0.25, 0.3) is 0 Å². The monoisotopic (exact) mass is 196 g/mol. The molecule has 1 rings (SSSR count). The number of hydrogen-bond acceptors (Lipinski definition) is 3. The van der Waals surface area contributed by atoms with Gasteiger partial charge in [0.2, 0.25) is 0 Å². The Morgan fingerprint density at radius 2 is 1.93 bits per heavy atom. The van der Waals surface area contributed by atoms with Crippen LogP contribution in [0.1, 0.15) is 12.5 Å². The lowest BCUT2D eigenvalue weighted by atomic mass is 10.2. The first-order valence-corrected chi connectivity index (χ1v) is 4.61. The minimum Gasteiger partial charge on any atom is -0.497 e. The summed E-state index contributed by atoms with van der Waals surface area (Å²) in [6, 6.07) is 7.68.